The maximum Gasteiger partial charge on any atom is 0.191 e. The molecule has 3 rings (SSSR count). The van der Waals surface area contributed by atoms with Gasteiger partial charge in [-0.1, -0.05) is 19.1 Å². The number of likely N-dealkylation sites (tertiary alicyclic amines) is 1. The van der Waals surface area contributed by atoms with Crippen LogP contribution >= 0.6 is 0 Å². The van der Waals surface area contributed by atoms with Gasteiger partial charge in [0.25, 0.3) is 0 Å². The zero-order valence-corrected chi connectivity index (χ0v) is 13.0. The molecule has 0 bridgehead atoms. The van der Waals surface area contributed by atoms with E-state index >= 15 is 0 Å². The number of hydrogen-bond acceptors (Lipinski definition) is 2. The monoisotopic (exact) mass is 287 g/mol. The average molecular weight is 287 g/mol. The van der Waals surface area contributed by atoms with Gasteiger partial charge in [0.1, 0.15) is 5.75 Å². The van der Waals surface area contributed by atoms with Crippen LogP contribution in [-0.2, 0) is 0 Å². The number of benzene rings is 1. The Bertz CT molecular complexity index is 529. The van der Waals surface area contributed by atoms with Crippen molar-refractivity contribution in [2.45, 2.75) is 38.1 Å². The molecular formula is C17H25N3O. The zero-order chi connectivity index (χ0) is 14.8. The summed E-state index contributed by atoms with van der Waals surface area (Å²) in [5.74, 6) is 2.87. The molecule has 21 heavy (non-hydrogen) atoms. The summed E-state index contributed by atoms with van der Waals surface area (Å²) in [5.41, 5.74) is 7.51. The van der Waals surface area contributed by atoms with E-state index in [1.54, 1.807) is 7.11 Å². The summed E-state index contributed by atoms with van der Waals surface area (Å²) >= 11 is 0. The van der Waals surface area contributed by atoms with Crippen LogP contribution in [0.5, 0.6) is 5.75 Å². The average Bonchev–Trinajstić information content (AvgIpc) is 3.26. The van der Waals surface area contributed by atoms with Gasteiger partial charge in [-0.3, -0.25) is 0 Å². The highest BCUT2D eigenvalue weighted by Crippen LogP contribution is 2.44. The molecule has 1 aromatic carbocycles. The van der Waals surface area contributed by atoms with Gasteiger partial charge in [0.05, 0.1) is 13.2 Å². The third kappa shape index (κ3) is 3.31. The molecule has 1 saturated carbocycles. The number of nitrogens with two attached hydrogens (primary N) is 1. The SMILES string of the molecule is COc1cccc([C@@H]2C[C@H]2N=C(N)N2CCCC(C)C2)c1. The van der Waals surface area contributed by atoms with Gasteiger partial charge in [-0.25, -0.2) is 4.99 Å². The van der Waals surface area contributed by atoms with Gasteiger partial charge in [-0.2, -0.15) is 0 Å². The fourth-order valence-electron chi connectivity index (χ4n) is 3.20. The summed E-state index contributed by atoms with van der Waals surface area (Å²) in [4.78, 5) is 6.98. The molecule has 3 atom stereocenters. The molecule has 2 fully saturated rings. The molecule has 2 aliphatic rings. The minimum absolute atomic E-state index is 0.342. The van der Waals surface area contributed by atoms with Crippen LogP contribution in [0.1, 0.15) is 37.7 Å². The molecule has 1 heterocycles. The maximum atomic E-state index is 6.20. The van der Waals surface area contributed by atoms with Crippen molar-refractivity contribution in [3.63, 3.8) is 0 Å². The molecule has 1 aromatic rings. The van der Waals surface area contributed by atoms with E-state index in [4.69, 9.17) is 15.5 Å². The van der Waals surface area contributed by atoms with Gasteiger partial charge in [-0.05, 0) is 42.9 Å². The predicted octanol–water partition coefficient (Wildman–Crippen LogP) is 2.60. The Morgan fingerprint density at radius 3 is 3.05 bits per heavy atom. The van der Waals surface area contributed by atoms with Crippen molar-refractivity contribution in [2.75, 3.05) is 20.2 Å². The largest absolute Gasteiger partial charge is 0.497 e. The van der Waals surface area contributed by atoms with E-state index in [9.17, 15) is 0 Å². The van der Waals surface area contributed by atoms with Crippen molar-refractivity contribution in [2.24, 2.45) is 16.6 Å². The zero-order valence-electron chi connectivity index (χ0n) is 13.0. The van der Waals surface area contributed by atoms with Crippen LogP contribution in [0, 0.1) is 5.92 Å². The van der Waals surface area contributed by atoms with Crippen LogP contribution in [0.15, 0.2) is 29.3 Å². The van der Waals surface area contributed by atoms with Gasteiger partial charge in [0, 0.05) is 19.0 Å². The number of nitrogens with zero attached hydrogens (tertiary/aromatic N) is 2. The van der Waals surface area contributed by atoms with E-state index in [1.165, 1.54) is 18.4 Å². The van der Waals surface area contributed by atoms with Crippen LogP contribution in [0.25, 0.3) is 0 Å². The van der Waals surface area contributed by atoms with Crippen LogP contribution in [-0.4, -0.2) is 37.1 Å². The summed E-state index contributed by atoms with van der Waals surface area (Å²) < 4.78 is 5.29. The molecule has 114 valence electrons. The lowest BCUT2D eigenvalue weighted by molar-refractivity contribution is 0.270. The number of piperidine rings is 1. The highest BCUT2D eigenvalue weighted by atomic mass is 16.5. The quantitative estimate of drug-likeness (QED) is 0.687. The Kier molecular flexibility index (Phi) is 4.04. The van der Waals surface area contributed by atoms with Crippen LogP contribution in [0.3, 0.4) is 0 Å². The summed E-state index contributed by atoms with van der Waals surface area (Å²) in [6.45, 7) is 4.39. The number of guanidine groups is 1. The Labute approximate surface area is 127 Å². The first-order valence-corrected chi connectivity index (χ1v) is 7.89. The number of aliphatic imine (C=N–C) groups is 1. The molecule has 0 aromatic heterocycles. The fraction of sp³-hybridized carbons (Fsp3) is 0.588. The Morgan fingerprint density at radius 1 is 1.43 bits per heavy atom. The minimum atomic E-state index is 0.342. The topological polar surface area (TPSA) is 50.9 Å². The second-order valence-electron chi connectivity index (χ2n) is 6.37. The van der Waals surface area contributed by atoms with E-state index in [2.05, 4.69) is 24.0 Å². The maximum absolute atomic E-state index is 6.20. The first-order valence-electron chi connectivity index (χ1n) is 7.89. The Morgan fingerprint density at radius 2 is 2.29 bits per heavy atom. The molecule has 1 aliphatic heterocycles. The summed E-state index contributed by atoms with van der Waals surface area (Å²) in [5, 5.41) is 0. The standard InChI is InChI=1S/C17H25N3O/c1-12-5-4-8-20(11-12)17(18)19-16-10-15(16)13-6-3-7-14(9-13)21-2/h3,6-7,9,12,15-16H,4-5,8,10-11H2,1-2H3,(H2,18,19)/t12?,15-,16+/m0/s1. The summed E-state index contributed by atoms with van der Waals surface area (Å²) in [7, 11) is 1.71. The number of ether oxygens (including phenoxy) is 1. The highest BCUT2D eigenvalue weighted by molar-refractivity contribution is 5.78. The number of rotatable bonds is 3. The van der Waals surface area contributed by atoms with Gasteiger partial charge in [0.2, 0.25) is 0 Å². The summed E-state index contributed by atoms with van der Waals surface area (Å²) in [6.07, 6.45) is 3.62. The number of methoxy groups -OCH3 is 1. The molecule has 0 amide bonds. The smallest absolute Gasteiger partial charge is 0.191 e. The van der Waals surface area contributed by atoms with Crippen molar-refractivity contribution in [1.82, 2.24) is 4.90 Å². The fourth-order valence-corrected chi connectivity index (χ4v) is 3.20. The third-order valence-electron chi connectivity index (χ3n) is 4.56. The lowest BCUT2D eigenvalue weighted by Crippen LogP contribution is -2.43. The number of hydrogen-bond donors (Lipinski definition) is 1. The Hall–Kier alpha value is -1.71. The van der Waals surface area contributed by atoms with E-state index in [0.29, 0.717) is 12.0 Å². The molecule has 1 unspecified atom stereocenters. The first kappa shape index (κ1) is 14.2. The van der Waals surface area contributed by atoms with E-state index in [-0.39, 0.29) is 0 Å². The second-order valence-corrected chi connectivity index (χ2v) is 6.37. The molecular weight excluding hydrogens is 262 g/mol. The lowest BCUT2D eigenvalue weighted by Gasteiger charge is -2.31. The molecule has 0 radical (unpaired) electrons. The second kappa shape index (κ2) is 5.96. The van der Waals surface area contributed by atoms with E-state index in [0.717, 1.165) is 37.1 Å². The van der Waals surface area contributed by atoms with Crippen LogP contribution < -0.4 is 10.5 Å². The molecule has 4 heteroatoms. The van der Waals surface area contributed by atoms with Crippen molar-refractivity contribution >= 4 is 5.96 Å². The third-order valence-corrected chi connectivity index (χ3v) is 4.56. The van der Waals surface area contributed by atoms with Crippen molar-refractivity contribution in [3.8, 4) is 5.75 Å². The lowest BCUT2D eigenvalue weighted by atomic mass is 10.0. The molecule has 1 aliphatic carbocycles. The normalized spacial score (nSPS) is 29.3. The van der Waals surface area contributed by atoms with Crippen molar-refractivity contribution in [1.29, 1.82) is 0 Å². The van der Waals surface area contributed by atoms with Crippen LogP contribution in [0.4, 0.5) is 0 Å². The first-order chi connectivity index (χ1) is 10.2. The molecule has 1 saturated heterocycles. The van der Waals surface area contributed by atoms with E-state index in [1.807, 2.05) is 12.1 Å². The minimum Gasteiger partial charge on any atom is -0.497 e. The van der Waals surface area contributed by atoms with Gasteiger partial charge in [0.15, 0.2) is 5.96 Å². The Balaban J connectivity index is 1.63. The van der Waals surface area contributed by atoms with Gasteiger partial charge >= 0.3 is 0 Å². The highest BCUT2D eigenvalue weighted by Gasteiger charge is 2.39. The van der Waals surface area contributed by atoms with Gasteiger partial charge < -0.3 is 15.4 Å². The molecule has 4 nitrogen and oxygen atoms in total. The molecule has 2 N–H and O–H groups in total. The van der Waals surface area contributed by atoms with Crippen molar-refractivity contribution < 1.29 is 4.74 Å². The van der Waals surface area contributed by atoms with Crippen LogP contribution in [0.2, 0.25) is 0 Å². The van der Waals surface area contributed by atoms with Crippen molar-refractivity contribution in [3.05, 3.63) is 29.8 Å². The molecule has 0 spiro atoms. The van der Waals surface area contributed by atoms with Gasteiger partial charge in [-0.15, -0.1) is 0 Å². The predicted molar refractivity (Wildman–Crippen MR) is 85.7 cm³/mol. The van der Waals surface area contributed by atoms with E-state index < -0.39 is 0 Å². The summed E-state index contributed by atoms with van der Waals surface area (Å²) in [6, 6.07) is 8.63.